The van der Waals surface area contributed by atoms with Gasteiger partial charge in [0.1, 0.15) is 36.6 Å². The van der Waals surface area contributed by atoms with Gasteiger partial charge in [-0.05, 0) is 111 Å². The number of benzene rings is 3. The van der Waals surface area contributed by atoms with Crippen LogP contribution in [0.4, 0.5) is 11.4 Å². The number of hydrogen-bond donors (Lipinski definition) is 16. The maximum absolute atomic E-state index is 13.9. The molecular weight excluding hydrogens is 1200 g/mol. The van der Waals surface area contributed by atoms with Crippen LogP contribution in [0.5, 0.6) is 0 Å². The number of hydrazine groups is 1. The molecular formula is C39H48I3N7O16. The van der Waals surface area contributed by atoms with E-state index in [0.717, 1.165) is 11.9 Å². The molecule has 3 aromatic rings. The first-order valence-electron chi connectivity index (χ1n) is 19.1. The number of nitrogens with one attached hydrogen (secondary N) is 5. The molecule has 0 aromatic heterocycles. The standard InChI is InChI=1S/C39H48I3N7O16/c1-15(43)46-35(61)17-5-3-6-18(9-17)36(62)47-20-8-4-7-19(10-20)37(63)48-49(16(2)52)30-28(41)25(38(64)44-11-21(53)31(57)33(59)23(55)13-50)27(40)26(29(30)42)39(65)45-12-22(54)32(58)34(60)24(56)14-51/h3-10,15,21-24,31-34,50-51,53-60H,11-14,43H2,1-2H3,(H,44,64)(H,45,65)(H,46,61)(H,47,62)(H,48,63). The van der Waals surface area contributed by atoms with Crippen molar-refractivity contribution in [2.24, 2.45) is 5.73 Å². The predicted octanol–water partition coefficient (Wildman–Crippen LogP) is -3.18. The van der Waals surface area contributed by atoms with Crippen molar-refractivity contribution < 1.29 is 79.8 Å². The summed E-state index contributed by atoms with van der Waals surface area (Å²) in [5.41, 5.74) is 7.41. The van der Waals surface area contributed by atoms with Crippen molar-refractivity contribution in [1.29, 1.82) is 0 Å². The zero-order valence-electron chi connectivity index (χ0n) is 34.2. The highest BCUT2D eigenvalue weighted by molar-refractivity contribution is 14.1. The van der Waals surface area contributed by atoms with Crippen LogP contribution in [0.2, 0.25) is 0 Å². The van der Waals surface area contributed by atoms with E-state index in [4.69, 9.17) is 15.9 Å². The summed E-state index contributed by atoms with van der Waals surface area (Å²) in [5, 5.41) is 110. The Morgan fingerprint density at radius 3 is 1.45 bits per heavy atom. The van der Waals surface area contributed by atoms with Crippen LogP contribution in [-0.2, 0) is 4.79 Å². The van der Waals surface area contributed by atoms with E-state index in [-0.39, 0.29) is 49.9 Å². The van der Waals surface area contributed by atoms with Gasteiger partial charge in [0.15, 0.2) is 0 Å². The van der Waals surface area contributed by atoms with Gasteiger partial charge in [-0.1, -0.05) is 12.1 Å². The van der Waals surface area contributed by atoms with Crippen LogP contribution in [-0.4, -0.2) is 168 Å². The number of amides is 6. The second kappa shape index (κ2) is 25.4. The Balaban J connectivity index is 2.05. The van der Waals surface area contributed by atoms with Crippen LogP contribution < -0.4 is 37.4 Å². The summed E-state index contributed by atoms with van der Waals surface area (Å²) < 4.78 is -0.243. The summed E-state index contributed by atoms with van der Waals surface area (Å²) in [4.78, 5) is 80.7. The Morgan fingerprint density at radius 2 is 1.02 bits per heavy atom. The van der Waals surface area contributed by atoms with Gasteiger partial charge in [0.05, 0.1) is 55.5 Å². The van der Waals surface area contributed by atoms with Gasteiger partial charge < -0.3 is 78.1 Å². The minimum Gasteiger partial charge on any atom is -0.394 e. The first kappa shape index (κ1) is 55.6. The first-order chi connectivity index (χ1) is 30.5. The number of hydrogen-bond acceptors (Lipinski definition) is 17. The number of carbonyl (C=O) groups excluding carboxylic acids is 6. The average Bonchev–Trinajstić information content (AvgIpc) is 3.27. The highest BCUT2D eigenvalue weighted by Gasteiger charge is 2.35. The van der Waals surface area contributed by atoms with Gasteiger partial charge in [-0.3, -0.25) is 34.2 Å². The van der Waals surface area contributed by atoms with Crippen molar-refractivity contribution >= 4 is 115 Å². The number of anilines is 2. The van der Waals surface area contributed by atoms with Crippen LogP contribution >= 0.6 is 67.8 Å². The molecule has 0 saturated carbocycles. The Hall–Kier alpha value is -3.77. The zero-order valence-corrected chi connectivity index (χ0v) is 40.7. The van der Waals surface area contributed by atoms with Gasteiger partial charge in [-0.2, -0.15) is 0 Å². The van der Waals surface area contributed by atoms with Crippen LogP contribution in [0.25, 0.3) is 0 Å². The molecule has 0 heterocycles. The van der Waals surface area contributed by atoms with Crippen molar-refractivity contribution in [2.45, 2.75) is 68.8 Å². The quantitative estimate of drug-likeness (QED) is 0.0301. The highest BCUT2D eigenvalue weighted by atomic mass is 127. The Kier molecular flexibility index (Phi) is 21.7. The van der Waals surface area contributed by atoms with Crippen molar-refractivity contribution in [3.05, 3.63) is 87.1 Å². The second-order valence-electron chi connectivity index (χ2n) is 14.2. The van der Waals surface area contributed by atoms with E-state index >= 15 is 0 Å². The molecule has 9 atom stereocenters. The van der Waals surface area contributed by atoms with E-state index < -0.39 is 117 Å². The molecule has 3 rings (SSSR count). The molecule has 0 radical (unpaired) electrons. The van der Waals surface area contributed by atoms with Gasteiger partial charge in [0.2, 0.25) is 5.91 Å². The topological polar surface area (TPSA) is 394 Å². The van der Waals surface area contributed by atoms with Crippen LogP contribution in [0.15, 0.2) is 48.5 Å². The monoisotopic (exact) mass is 1250 g/mol. The number of nitrogens with two attached hydrogens (primary N) is 1. The van der Waals surface area contributed by atoms with E-state index in [0.29, 0.717) is 0 Å². The molecule has 0 aliphatic carbocycles. The molecule has 6 amide bonds. The lowest BCUT2D eigenvalue weighted by Gasteiger charge is -2.28. The van der Waals surface area contributed by atoms with Crippen molar-refractivity contribution in [3.63, 3.8) is 0 Å². The molecule has 0 aliphatic heterocycles. The van der Waals surface area contributed by atoms with Gasteiger partial charge in [-0.15, -0.1) is 0 Å². The van der Waals surface area contributed by atoms with Gasteiger partial charge >= 0.3 is 0 Å². The van der Waals surface area contributed by atoms with E-state index in [9.17, 15) is 69.6 Å². The number of aliphatic hydroxyl groups is 10. The minimum atomic E-state index is -2.07. The summed E-state index contributed by atoms with van der Waals surface area (Å²) >= 11 is 4.95. The smallest absolute Gasteiger partial charge is 0.270 e. The minimum absolute atomic E-state index is 0.0684. The van der Waals surface area contributed by atoms with Crippen molar-refractivity contribution in [1.82, 2.24) is 21.4 Å². The fourth-order valence-corrected chi connectivity index (χ4v) is 10.3. The molecule has 0 fully saturated rings. The molecule has 26 heteroatoms. The lowest BCUT2D eigenvalue weighted by molar-refractivity contribution is -0.117. The molecule has 356 valence electrons. The fourth-order valence-electron chi connectivity index (χ4n) is 5.68. The summed E-state index contributed by atoms with van der Waals surface area (Å²) in [6.45, 7) is -0.886. The first-order valence-corrected chi connectivity index (χ1v) is 22.3. The number of carbonyl (C=O) groups is 6. The summed E-state index contributed by atoms with van der Waals surface area (Å²) in [5.74, 6) is -5.04. The molecule has 17 N–H and O–H groups in total. The molecule has 0 saturated heterocycles. The molecule has 0 aliphatic rings. The average molecular weight is 1250 g/mol. The Labute approximate surface area is 411 Å². The number of rotatable bonds is 20. The maximum Gasteiger partial charge on any atom is 0.270 e. The fraction of sp³-hybridized carbons (Fsp3) is 0.385. The Bertz CT molecular complexity index is 2150. The molecule has 65 heavy (non-hydrogen) atoms. The molecule has 9 unspecified atom stereocenters. The summed E-state index contributed by atoms with van der Waals surface area (Å²) in [6.07, 6.45) is -16.4. The van der Waals surface area contributed by atoms with Crippen molar-refractivity contribution in [2.75, 3.05) is 36.6 Å². The number of halogens is 3. The van der Waals surface area contributed by atoms with Gasteiger partial charge in [0, 0.05) is 46.0 Å². The van der Waals surface area contributed by atoms with Gasteiger partial charge in [-0.25, -0.2) is 5.01 Å². The van der Waals surface area contributed by atoms with Crippen LogP contribution in [0.3, 0.4) is 0 Å². The van der Waals surface area contributed by atoms with E-state index in [1.54, 1.807) is 74.7 Å². The molecule has 3 aromatic carbocycles. The van der Waals surface area contributed by atoms with E-state index in [1.165, 1.54) is 48.5 Å². The SMILES string of the molecule is CC(=O)N(NC(=O)c1cccc(NC(=O)c2cccc(C(=O)NC(C)N)c2)c1)c1c(I)c(C(=O)NCC(O)C(O)C(O)C(O)CO)c(I)c(C(=O)NCC(O)C(O)C(O)C(O)CO)c1I. The largest absolute Gasteiger partial charge is 0.394 e. The van der Waals surface area contributed by atoms with Gasteiger partial charge in [0.25, 0.3) is 29.5 Å². The number of nitrogens with zero attached hydrogens (tertiary/aromatic N) is 1. The molecule has 23 nitrogen and oxygen atoms in total. The Morgan fingerprint density at radius 1 is 0.600 bits per heavy atom. The third kappa shape index (κ3) is 14.6. The maximum atomic E-state index is 13.9. The normalized spacial score (nSPS) is 15.4. The lowest BCUT2D eigenvalue weighted by Crippen LogP contribution is -2.50. The summed E-state index contributed by atoms with van der Waals surface area (Å²) in [6, 6.07) is 11.2. The zero-order chi connectivity index (χ0) is 49.0. The van der Waals surface area contributed by atoms with Crippen LogP contribution in [0, 0.1) is 10.7 Å². The molecule has 0 bridgehead atoms. The van der Waals surface area contributed by atoms with Crippen LogP contribution in [0.1, 0.15) is 65.6 Å². The van der Waals surface area contributed by atoms with E-state index in [2.05, 4.69) is 26.7 Å². The lowest BCUT2D eigenvalue weighted by atomic mass is 10.0. The third-order valence-electron chi connectivity index (χ3n) is 9.22. The van der Waals surface area contributed by atoms with Crippen molar-refractivity contribution in [3.8, 4) is 0 Å². The number of aliphatic hydroxyl groups excluding tert-OH is 10. The summed E-state index contributed by atoms with van der Waals surface area (Å²) in [7, 11) is 0. The highest BCUT2D eigenvalue weighted by Crippen LogP contribution is 2.38. The molecule has 0 spiro atoms. The third-order valence-corrected chi connectivity index (χ3v) is 12.4. The predicted molar refractivity (Wildman–Crippen MR) is 254 cm³/mol. The van der Waals surface area contributed by atoms with E-state index in [1.807, 2.05) is 0 Å². The second-order valence-corrected chi connectivity index (χ2v) is 17.5.